The fourth-order valence-corrected chi connectivity index (χ4v) is 3.82. The Labute approximate surface area is 164 Å². The highest BCUT2D eigenvalue weighted by Crippen LogP contribution is 2.32. The summed E-state index contributed by atoms with van der Waals surface area (Å²) in [4.78, 5) is 23.5. The van der Waals surface area contributed by atoms with Crippen molar-refractivity contribution in [1.29, 1.82) is 0 Å². The van der Waals surface area contributed by atoms with E-state index in [0.29, 0.717) is 5.88 Å². The maximum Gasteiger partial charge on any atom is 0.246 e. The number of ether oxygens (including phenoxy) is 1. The number of hydrazone groups is 1. The van der Waals surface area contributed by atoms with E-state index >= 15 is 0 Å². The van der Waals surface area contributed by atoms with Crippen LogP contribution >= 0.6 is 0 Å². The molecule has 8 heteroatoms. The number of nitrogens with zero attached hydrogens (tertiary/aromatic N) is 5. The highest BCUT2D eigenvalue weighted by atomic mass is 16.5. The molecule has 28 heavy (non-hydrogen) atoms. The number of benzene rings is 1. The lowest BCUT2D eigenvalue weighted by atomic mass is 9.94. The molecule has 1 saturated heterocycles. The van der Waals surface area contributed by atoms with Crippen LogP contribution in [-0.2, 0) is 4.79 Å². The van der Waals surface area contributed by atoms with Gasteiger partial charge < -0.3 is 15.4 Å². The lowest BCUT2D eigenvalue weighted by Crippen LogP contribution is -2.41. The van der Waals surface area contributed by atoms with Crippen molar-refractivity contribution < 1.29 is 9.53 Å². The molecule has 0 bridgehead atoms. The predicted molar refractivity (Wildman–Crippen MR) is 107 cm³/mol. The Morgan fingerprint density at radius 2 is 1.93 bits per heavy atom. The van der Waals surface area contributed by atoms with Crippen molar-refractivity contribution >= 4 is 23.9 Å². The summed E-state index contributed by atoms with van der Waals surface area (Å²) in [7, 11) is 1.55. The molecular formula is C20H24N6O2. The van der Waals surface area contributed by atoms with Crippen LogP contribution in [0.25, 0.3) is 0 Å². The normalized spacial score (nSPS) is 19.8. The molecule has 4 rings (SSSR count). The van der Waals surface area contributed by atoms with Crippen molar-refractivity contribution in [2.45, 2.75) is 25.3 Å². The summed E-state index contributed by atoms with van der Waals surface area (Å²) in [5.74, 6) is 1.42. The fourth-order valence-electron chi connectivity index (χ4n) is 3.82. The van der Waals surface area contributed by atoms with Gasteiger partial charge >= 0.3 is 0 Å². The third-order valence-electron chi connectivity index (χ3n) is 5.32. The van der Waals surface area contributed by atoms with Crippen molar-refractivity contribution in [1.82, 2.24) is 15.0 Å². The van der Waals surface area contributed by atoms with Crippen LogP contribution in [0.4, 0.5) is 11.8 Å². The number of carbonyl (C=O) groups is 1. The Bertz CT molecular complexity index is 864. The minimum Gasteiger partial charge on any atom is -0.481 e. The van der Waals surface area contributed by atoms with Gasteiger partial charge in [0.1, 0.15) is 5.82 Å². The van der Waals surface area contributed by atoms with Crippen LogP contribution in [0.1, 0.15) is 30.9 Å². The van der Waals surface area contributed by atoms with Gasteiger partial charge in [-0.2, -0.15) is 15.1 Å². The van der Waals surface area contributed by atoms with E-state index in [2.05, 4.69) is 32.1 Å². The van der Waals surface area contributed by atoms with E-state index in [-0.39, 0.29) is 23.8 Å². The molecule has 0 radical (unpaired) electrons. The molecule has 0 spiro atoms. The topological polar surface area (TPSA) is 96.9 Å². The first-order chi connectivity index (χ1) is 13.7. The number of aromatic nitrogens is 2. The summed E-state index contributed by atoms with van der Waals surface area (Å²) < 4.78 is 5.17. The van der Waals surface area contributed by atoms with Crippen molar-refractivity contribution in [2.24, 2.45) is 11.0 Å². The number of hydrogen-bond acceptors (Lipinski definition) is 7. The molecular weight excluding hydrogens is 356 g/mol. The van der Waals surface area contributed by atoms with Gasteiger partial charge in [-0.1, -0.05) is 30.3 Å². The molecule has 0 aliphatic carbocycles. The van der Waals surface area contributed by atoms with Crippen molar-refractivity contribution in [3.05, 3.63) is 42.0 Å². The van der Waals surface area contributed by atoms with E-state index in [4.69, 9.17) is 10.5 Å². The molecule has 2 aromatic rings. The molecule has 1 fully saturated rings. The third kappa shape index (κ3) is 3.62. The number of hydrogen-bond donors (Lipinski definition) is 1. The number of carbonyl (C=O) groups excluding carboxylic acids is 1. The summed E-state index contributed by atoms with van der Waals surface area (Å²) in [5.41, 5.74) is 6.88. The average Bonchev–Trinajstić information content (AvgIpc) is 3.23. The van der Waals surface area contributed by atoms with Crippen molar-refractivity contribution in [2.75, 3.05) is 30.8 Å². The van der Waals surface area contributed by atoms with Crippen LogP contribution in [0.3, 0.4) is 0 Å². The maximum atomic E-state index is 13.1. The van der Waals surface area contributed by atoms with Crippen LogP contribution in [0.5, 0.6) is 5.88 Å². The lowest BCUT2D eigenvalue weighted by Gasteiger charge is -2.34. The van der Waals surface area contributed by atoms with Gasteiger partial charge in [0, 0.05) is 37.7 Å². The molecule has 146 valence electrons. The largest absolute Gasteiger partial charge is 0.481 e. The molecule has 1 atom stereocenters. The Morgan fingerprint density at radius 1 is 1.18 bits per heavy atom. The Morgan fingerprint density at radius 3 is 2.64 bits per heavy atom. The van der Waals surface area contributed by atoms with Crippen LogP contribution in [0.15, 0.2) is 41.5 Å². The van der Waals surface area contributed by atoms with Gasteiger partial charge in [-0.3, -0.25) is 4.79 Å². The quantitative estimate of drug-likeness (QED) is 0.874. The van der Waals surface area contributed by atoms with Gasteiger partial charge in [0.25, 0.3) is 0 Å². The Kier molecular flexibility index (Phi) is 5.10. The van der Waals surface area contributed by atoms with Crippen LogP contribution in [-0.4, -0.2) is 47.3 Å². The smallest absolute Gasteiger partial charge is 0.246 e. The number of nitrogens with two attached hydrogens (primary N) is 1. The summed E-state index contributed by atoms with van der Waals surface area (Å²) >= 11 is 0. The average molecular weight is 380 g/mol. The van der Waals surface area contributed by atoms with Crippen LogP contribution in [0.2, 0.25) is 0 Å². The second-order valence-corrected chi connectivity index (χ2v) is 7.03. The monoisotopic (exact) mass is 380 g/mol. The van der Waals surface area contributed by atoms with Crippen LogP contribution in [0, 0.1) is 5.92 Å². The number of rotatable bonds is 4. The van der Waals surface area contributed by atoms with E-state index in [1.165, 1.54) is 0 Å². The number of anilines is 2. The lowest BCUT2D eigenvalue weighted by molar-refractivity contribution is -0.138. The van der Waals surface area contributed by atoms with Crippen molar-refractivity contribution in [3.8, 4) is 5.88 Å². The molecule has 2 aliphatic rings. The third-order valence-corrected chi connectivity index (χ3v) is 5.32. The Balaban J connectivity index is 1.41. The number of piperidine rings is 1. The Hall–Kier alpha value is -3.16. The molecule has 2 N–H and O–H groups in total. The van der Waals surface area contributed by atoms with Gasteiger partial charge in [0.05, 0.1) is 13.2 Å². The second-order valence-electron chi connectivity index (χ2n) is 7.03. The second kappa shape index (κ2) is 7.84. The van der Waals surface area contributed by atoms with Gasteiger partial charge in [-0.05, 0) is 18.4 Å². The molecule has 2 aliphatic heterocycles. The standard InChI is InChI=1S/C20H24N6O2/c1-28-18-13-17(23-20(21)24-18)25-11-8-15(9-12-25)19(27)26-16(7-10-22-26)14-5-3-2-4-6-14/h2-6,10,13,15-16H,7-9,11-12H2,1H3,(H2,21,23,24)/t16-/m0/s1. The fraction of sp³-hybridized carbons (Fsp3) is 0.400. The molecule has 3 heterocycles. The van der Waals surface area contributed by atoms with E-state index in [1.807, 2.05) is 24.4 Å². The number of methoxy groups -OCH3 is 1. The number of amides is 1. The zero-order chi connectivity index (χ0) is 19.5. The predicted octanol–water partition coefficient (Wildman–Crippen LogP) is 2.24. The van der Waals surface area contributed by atoms with E-state index in [9.17, 15) is 4.79 Å². The molecule has 1 amide bonds. The van der Waals surface area contributed by atoms with Crippen molar-refractivity contribution in [3.63, 3.8) is 0 Å². The zero-order valence-electron chi connectivity index (χ0n) is 15.9. The minimum absolute atomic E-state index is 0.00217. The van der Waals surface area contributed by atoms with Gasteiger partial charge in [-0.25, -0.2) is 5.01 Å². The van der Waals surface area contributed by atoms with Gasteiger partial charge in [0.2, 0.25) is 17.7 Å². The number of nitrogen functional groups attached to an aromatic ring is 1. The first-order valence-electron chi connectivity index (χ1n) is 9.49. The molecule has 0 saturated carbocycles. The SMILES string of the molecule is COc1cc(N2CCC(C(=O)N3N=CC[C@H]3c3ccccc3)CC2)nc(N)n1. The van der Waals surface area contributed by atoms with E-state index in [1.54, 1.807) is 18.2 Å². The zero-order valence-corrected chi connectivity index (χ0v) is 15.9. The summed E-state index contributed by atoms with van der Waals surface area (Å²) in [5, 5.41) is 6.04. The highest BCUT2D eigenvalue weighted by Gasteiger charge is 2.35. The van der Waals surface area contributed by atoms with Gasteiger partial charge in [0.15, 0.2) is 0 Å². The molecule has 1 aromatic carbocycles. The van der Waals surface area contributed by atoms with Gasteiger partial charge in [-0.15, -0.1) is 0 Å². The molecule has 0 unspecified atom stereocenters. The summed E-state index contributed by atoms with van der Waals surface area (Å²) in [6.07, 6.45) is 4.09. The highest BCUT2D eigenvalue weighted by molar-refractivity contribution is 5.82. The first kappa shape index (κ1) is 18.2. The van der Waals surface area contributed by atoms with Crippen LogP contribution < -0.4 is 15.4 Å². The summed E-state index contributed by atoms with van der Waals surface area (Å²) in [6, 6.07) is 11.8. The van der Waals surface area contributed by atoms with E-state index in [0.717, 1.165) is 43.7 Å². The van der Waals surface area contributed by atoms with E-state index < -0.39 is 0 Å². The first-order valence-corrected chi connectivity index (χ1v) is 9.49. The summed E-state index contributed by atoms with van der Waals surface area (Å²) in [6.45, 7) is 1.45. The molecule has 8 nitrogen and oxygen atoms in total. The molecule has 1 aromatic heterocycles. The minimum atomic E-state index is -0.0428. The maximum absolute atomic E-state index is 13.1.